The molecule has 2 rings (SSSR count). The molecule has 1 heterocycles. The van der Waals surface area contributed by atoms with Gasteiger partial charge >= 0.3 is 5.97 Å². The van der Waals surface area contributed by atoms with Gasteiger partial charge in [-0.3, -0.25) is 19.7 Å². The van der Waals surface area contributed by atoms with Crippen LogP contribution in [0, 0.1) is 23.0 Å². The van der Waals surface area contributed by atoms with Crippen LogP contribution in [0.25, 0.3) is 0 Å². The summed E-state index contributed by atoms with van der Waals surface area (Å²) in [4.78, 5) is 34.9. The van der Waals surface area contributed by atoms with E-state index in [0.717, 1.165) is 0 Å². The Morgan fingerprint density at radius 1 is 1.52 bits per heavy atom. The fourth-order valence-electron chi connectivity index (χ4n) is 2.51. The van der Waals surface area contributed by atoms with Gasteiger partial charge in [-0.15, -0.1) is 0 Å². The first-order valence-corrected chi connectivity index (χ1v) is 6.63. The van der Waals surface area contributed by atoms with Gasteiger partial charge in [-0.1, -0.05) is 12.1 Å². The average Bonchev–Trinajstić information content (AvgIpc) is 2.42. The van der Waals surface area contributed by atoms with Gasteiger partial charge in [0, 0.05) is 31.1 Å². The Labute approximate surface area is 121 Å². The van der Waals surface area contributed by atoms with Crippen LogP contribution in [0.4, 0.5) is 5.69 Å². The van der Waals surface area contributed by atoms with Crippen LogP contribution in [-0.2, 0) is 16.1 Å². The number of carboxylic acids is 1. The lowest BCUT2D eigenvalue weighted by molar-refractivity contribution is -0.385. The average molecular weight is 292 g/mol. The highest BCUT2D eigenvalue weighted by Crippen LogP contribution is 2.25. The summed E-state index contributed by atoms with van der Waals surface area (Å²) in [6.07, 6.45) is 0.545. The summed E-state index contributed by atoms with van der Waals surface area (Å²) in [6, 6.07) is 4.71. The number of hydrogen-bond donors (Lipinski definition) is 1. The van der Waals surface area contributed by atoms with E-state index in [1.165, 1.54) is 11.0 Å². The van der Waals surface area contributed by atoms with Crippen molar-refractivity contribution in [2.24, 2.45) is 5.92 Å². The summed E-state index contributed by atoms with van der Waals surface area (Å²) < 4.78 is 0. The third-order valence-electron chi connectivity index (χ3n) is 3.82. The first kappa shape index (κ1) is 15.0. The monoisotopic (exact) mass is 292 g/mol. The number of rotatable bonds is 4. The molecule has 1 atom stereocenters. The maximum absolute atomic E-state index is 11.9. The number of hydrogen-bond acceptors (Lipinski definition) is 4. The molecule has 1 amide bonds. The Bertz CT molecular complexity index is 599. The van der Waals surface area contributed by atoms with E-state index in [-0.39, 0.29) is 31.1 Å². The second-order valence-corrected chi connectivity index (χ2v) is 5.17. The summed E-state index contributed by atoms with van der Waals surface area (Å²) in [5.41, 5.74) is 1.18. The Balaban J connectivity index is 2.20. The molecule has 1 N–H and O–H groups in total. The van der Waals surface area contributed by atoms with Gasteiger partial charge in [0.15, 0.2) is 0 Å². The first-order chi connectivity index (χ1) is 9.90. The molecular formula is C14H16N2O5. The maximum atomic E-state index is 11.9. The molecule has 1 aliphatic heterocycles. The minimum absolute atomic E-state index is 0.00624. The molecule has 0 saturated carbocycles. The molecule has 0 aliphatic carbocycles. The summed E-state index contributed by atoms with van der Waals surface area (Å²) in [5.74, 6) is -1.59. The third kappa shape index (κ3) is 3.18. The van der Waals surface area contributed by atoms with E-state index >= 15 is 0 Å². The Morgan fingerprint density at radius 3 is 2.86 bits per heavy atom. The molecule has 112 valence electrons. The number of benzene rings is 1. The van der Waals surface area contributed by atoms with Crippen molar-refractivity contribution in [1.82, 2.24) is 4.90 Å². The van der Waals surface area contributed by atoms with Gasteiger partial charge in [-0.05, 0) is 18.9 Å². The lowest BCUT2D eigenvalue weighted by atomic mass is 9.96. The number of piperidine rings is 1. The number of amides is 1. The number of carbonyl (C=O) groups is 2. The van der Waals surface area contributed by atoms with Crippen LogP contribution >= 0.6 is 0 Å². The van der Waals surface area contributed by atoms with Crippen molar-refractivity contribution in [2.75, 3.05) is 6.54 Å². The third-order valence-corrected chi connectivity index (χ3v) is 3.82. The van der Waals surface area contributed by atoms with E-state index in [9.17, 15) is 19.7 Å². The van der Waals surface area contributed by atoms with Crippen molar-refractivity contribution < 1.29 is 19.6 Å². The molecule has 1 saturated heterocycles. The maximum Gasteiger partial charge on any atom is 0.308 e. The van der Waals surface area contributed by atoms with Gasteiger partial charge in [0.05, 0.1) is 10.8 Å². The van der Waals surface area contributed by atoms with Crippen molar-refractivity contribution >= 4 is 17.6 Å². The number of carboxylic acid groups (broad SMARTS) is 1. The minimum Gasteiger partial charge on any atom is -0.481 e. The molecule has 1 unspecified atom stereocenters. The Morgan fingerprint density at radius 2 is 2.24 bits per heavy atom. The number of nitro benzene ring substituents is 1. The highest BCUT2D eigenvalue weighted by Gasteiger charge is 2.30. The number of nitro groups is 1. The molecule has 21 heavy (non-hydrogen) atoms. The quantitative estimate of drug-likeness (QED) is 0.672. The SMILES string of the molecule is Cc1c(CN2CC(C(=O)O)CCC2=O)cccc1[N+](=O)[O-]. The Kier molecular flexibility index (Phi) is 4.21. The van der Waals surface area contributed by atoms with Crippen LogP contribution in [-0.4, -0.2) is 33.4 Å². The second-order valence-electron chi connectivity index (χ2n) is 5.17. The highest BCUT2D eigenvalue weighted by molar-refractivity contribution is 5.80. The molecule has 1 aliphatic rings. The van der Waals surface area contributed by atoms with E-state index in [1.807, 2.05) is 0 Å². The number of likely N-dealkylation sites (tertiary alicyclic amines) is 1. The van der Waals surface area contributed by atoms with E-state index < -0.39 is 16.8 Å². The van der Waals surface area contributed by atoms with Crippen LogP contribution in [0.2, 0.25) is 0 Å². The van der Waals surface area contributed by atoms with Gasteiger partial charge in [0.25, 0.3) is 5.69 Å². The van der Waals surface area contributed by atoms with Gasteiger partial charge < -0.3 is 10.0 Å². The lowest BCUT2D eigenvalue weighted by Crippen LogP contribution is -2.42. The summed E-state index contributed by atoms with van der Waals surface area (Å²) >= 11 is 0. The van der Waals surface area contributed by atoms with Crippen LogP contribution in [0.5, 0.6) is 0 Å². The van der Waals surface area contributed by atoms with Crippen LogP contribution in [0.15, 0.2) is 18.2 Å². The molecule has 0 aromatic heterocycles. The zero-order valence-electron chi connectivity index (χ0n) is 11.6. The second kappa shape index (κ2) is 5.90. The van der Waals surface area contributed by atoms with Gasteiger partial charge in [-0.25, -0.2) is 0 Å². The molecular weight excluding hydrogens is 276 g/mol. The van der Waals surface area contributed by atoms with Crippen molar-refractivity contribution in [3.63, 3.8) is 0 Å². The summed E-state index contributed by atoms with van der Waals surface area (Å²) in [7, 11) is 0. The molecule has 0 spiro atoms. The van der Waals surface area contributed by atoms with E-state index in [0.29, 0.717) is 17.5 Å². The van der Waals surface area contributed by atoms with Gasteiger partial charge in [-0.2, -0.15) is 0 Å². The summed E-state index contributed by atoms with van der Waals surface area (Å²) in [5, 5.41) is 20.0. The smallest absolute Gasteiger partial charge is 0.308 e. The van der Waals surface area contributed by atoms with E-state index in [1.54, 1.807) is 19.1 Å². The van der Waals surface area contributed by atoms with Crippen LogP contribution < -0.4 is 0 Å². The van der Waals surface area contributed by atoms with Crippen molar-refractivity contribution in [3.8, 4) is 0 Å². The number of nitrogens with zero attached hydrogens (tertiary/aromatic N) is 2. The van der Waals surface area contributed by atoms with Crippen molar-refractivity contribution in [2.45, 2.75) is 26.3 Å². The van der Waals surface area contributed by atoms with Crippen molar-refractivity contribution in [3.05, 3.63) is 39.4 Å². The van der Waals surface area contributed by atoms with E-state index in [4.69, 9.17) is 5.11 Å². The van der Waals surface area contributed by atoms with E-state index in [2.05, 4.69) is 0 Å². The molecule has 1 aromatic rings. The Hall–Kier alpha value is -2.44. The number of aliphatic carboxylic acids is 1. The predicted octanol–water partition coefficient (Wildman–Crippen LogP) is 1.73. The summed E-state index contributed by atoms with van der Waals surface area (Å²) in [6.45, 7) is 1.99. The lowest BCUT2D eigenvalue weighted by Gasteiger charge is -2.31. The van der Waals surface area contributed by atoms with Crippen LogP contribution in [0.1, 0.15) is 24.0 Å². The van der Waals surface area contributed by atoms with Crippen LogP contribution in [0.3, 0.4) is 0 Å². The molecule has 7 heteroatoms. The number of carbonyl (C=O) groups excluding carboxylic acids is 1. The largest absolute Gasteiger partial charge is 0.481 e. The standard InChI is InChI=1S/C14H16N2O5/c1-9-10(3-2-4-12(9)16(20)21)7-15-8-11(14(18)19)5-6-13(15)17/h2-4,11H,5-8H2,1H3,(H,18,19). The normalized spacial score (nSPS) is 18.6. The van der Waals surface area contributed by atoms with Gasteiger partial charge in [0.1, 0.15) is 0 Å². The predicted molar refractivity (Wildman–Crippen MR) is 73.6 cm³/mol. The van der Waals surface area contributed by atoms with Crippen molar-refractivity contribution in [1.29, 1.82) is 0 Å². The molecule has 1 aromatic carbocycles. The van der Waals surface area contributed by atoms with Gasteiger partial charge in [0.2, 0.25) is 5.91 Å². The topological polar surface area (TPSA) is 101 Å². The molecule has 1 fully saturated rings. The zero-order chi connectivity index (χ0) is 15.6. The fourth-order valence-corrected chi connectivity index (χ4v) is 2.51. The fraction of sp³-hybridized carbons (Fsp3) is 0.429. The first-order valence-electron chi connectivity index (χ1n) is 6.63. The zero-order valence-corrected chi connectivity index (χ0v) is 11.6. The minimum atomic E-state index is -0.914. The highest BCUT2D eigenvalue weighted by atomic mass is 16.6. The molecule has 0 bridgehead atoms. The molecule has 0 radical (unpaired) electrons. The molecule has 7 nitrogen and oxygen atoms in total.